The fourth-order valence-electron chi connectivity index (χ4n) is 4.10. The van der Waals surface area contributed by atoms with Crippen molar-refractivity contribution in [2.24, 2.45) is 11.3 Å². The smallest absolute Gasteiger partial charge is 0.0189 e. The van der Waals surface area contributed by atoms with Crippen molar-refractivity contribution in [3.05, 3.63) is 0 Å². The van der Waals surface area contributed by atoms with Crippen LogP contribution in [-0.4, -0.2) is 12.1 Å². The molecule has 1 saturated heterocycles. The second-order valence-electron chi connectivity index (χ2n) is 6.52. The summed E-state index contributed by atoms with van der Waals surface area (Å²) in [6.45, 7) is 8.57. The van der Waals surface area contributed by atoms with Crippen LogP contribution in [0.5, 0.6) is 0 Å². The van der Waals surface area contributed by atoms with Crippen LogP contribution in [0.15, 0.2) is 0 Å². The first-order valence-corrected chi connectivity index (χ1v) is 6.27. The van der Waals surface area contributed by atoms with E-state index in [-0.39, 0.29) is 0 Å². The van der Waals surface area contributed by atoms with Gasteiger partial charge < -0.3 is 5.32 Å². The first kappa shape index (κ1) is 10.5. The summed E-state index contributed by atoms with van der Waals surface area (Å²) >= 11 is 0. The molecule has 1 saturated carbocycles. The summed E-state index contributed by atoms with van der Waals surface area (Å²) in [6, 6.07) is 0. The summed E-state index contributed by atoms with van der Waals surface area (Å²) in [5, 5.41) is 3.82. The molecule has 0 aromatic rings. The van der Waals surface area contributed by atoms with Crippen LogP contribution in [0.3, 0.4) is 0 Å². The fraction of sp³-hybridized carbons (Fsp3) is 1.00. The first-order valence-electron chi connectivity index (χ1n) is 6.27. The molecule has 1 aliphatic carbocycles. The second kappa shape index (κ2) is 3.52. The molecule has 0 aromatic carbocycles. The van der Waals surface area contributed by atoms with Gasteiger partial charge in [-0.25, -0.2) is 0 Å². The van der Waals surface area contributed by atoms with E-state index in [0.717, 1.165) is 5.92 Å². The molecule has 0 bridgehead atoms. The van der Waals surface area contributed by atoms with Crippen LogP contribution < -0.4 is 5.32 Å². The normalized spacial score (nSPS) is 42.6. The van der Waals surface area contributed by atoms with Gasteiger partial charge in [-0.15, -0.1) is 0 Å². The molecule has 0 aromatic heterocycles. The van der Waals surface area contributed by atoms with Gasteiger partial charge in [0, 0.05) is 5.54 Å². The third kappa shape index (κ3) is 2.13. The maximum atomic E-state index is 3.82. The lowest BCUT2D eigenvalue weighted by Gasteiger charge is -2.50. The third-order valence-electron chi connectivity index (χ3n) is 4.04. The van der Waals surface area contributed by atoms with Crippen LogP contribution in [0.1, 0.15) is 59.3 Å². The predicted octanol–water partition coefficient (Wildman–Crippen LogP) is 3.34. The van der Waals surface area contributed by atoms with Crippen molar-refractivity contribution in [1.29, 1.82) is 0 Å². The minimum Gasteiger partial charge on any atom is -0.311 e. The Morgan fingerprint density at radius 3 is 2.50 bits per heavy atom. The molecular weight excluding hydrogens is 170 g/mol. The zero-order valence-corrected chi connectivity index (χ0v) is 10.0. The quantitative estimate of drug-likeness (QED) is 0.625. The topological polar surface area (TPSA) is 12.0 Å². The molecule has 2 aliphatic rings. The van der Waals surface area contributed by atoms with E-state index in [4.69, 9.17) is 0 Å². The largest absolute Gasteiger partial charge is 0.311 e. The lowest BCUT2D eigenvalue weighted by molar-refractivity contribution is 0.0621. The maximum Gasteiger partial charge on any atom is 0.0189 e. The highest BCUT2D eigenvalue weighted by Gasteiger charge is 2.42. The zero-order chi connectivity index (χ0) is 10.2. The number of hydrogen-bond acceptors (Lipinski definition) is 1. The first-order chi connectivity index (χ1) is 6.52. The summed E-state index contributed by atoms with van der Waals surface area (Å²) in [5.74, 6) is 0.907. The summed E-state index contributed by atoms with van der Waals surface area (Å²) < 4.78 is 0. The van der Waals surface area contributed by atoms with Crippen molar-refractivity contribution in [2.45, 2.75) is 64.8 Å². The van der Waals surface area contributed by atoms with Crippen LogP contribution in [0, 0.1) is 11.3 Å². The van der Waals surface area contributed by atoms with Crippen LogP contribution in [0.4, 0.5) is 0 Å². The summed E-state index contributed by atoms with van der Waals surface area (Å²) in [4.78, 5) is 0. The van der Waals surface area contributed by atoms with Crippen molar-refractivity contribution >= 4 is 0 Å². The van der Waals surface area contributed by atoms with Gasteiger partial charge in [0.25, 0.3) is 0 Å². The fourth-order valence-corrected chi connectivity index (χ4v) is 4.10. The summed E-state index contributed by atoms with van der Waals surface area (Å²) in [5.41, 5.74) is 1.07. The molecule has 0 amide bonds. The number of piperidine rings is 1. The molecule has 2 fully saturated rings. The zero-order valence-electron chi connectivity index (χ0n) is 10.0. The molecular formula is C13H25N. The van der Waals surface area contributed by atoms with Crippen molar-refractivity contribution in [3.63, 3.8) is 0 Å². The van der Waals surface area contributed by atoms with Crippen LogP contribution in [0.2, 0.25) is 0 Å². The van der Waals surface area contributed by atoms with Gasteiger partial charge in [0.1, 0.15) is 0 Å². The molecule has 1 N–H and O–H groups in total. The Morgan fingerprint density at radius 1 is 1.14 bits per heavy atom. The number of hydrogen-bond donors (Lipinski definition) is 1. The van der Waals surface area contributed by atoms with Crippen molar-refractivity contribution in [3.8, 4) is 0 Å². The molecule has 1 heterocycles. The molecule has 1 heteroatoms. The van der Waals surface area contributed by atoms with Gasteiger partial charge >= 0.3 is 0 Å². The lowest BCUT2D eigenvalue weighted by Crippen LogP contribution is -2.54. The molecule has 1 aliphatic heterocycles. The second-order valence-corrected chi connectivity index (χ2v) is 6.52. The molecule has 82 valence electrons. The van der Waals surface area contributed by atoms with E-state index >= 15 is 0 Å². The summed E-state index contributed by atoms with van der Waals surface area (Å²) in [7, 11) is 0. The Morgan fingerprint density at radius 2 is 1.93 bits per heavy atom. The van der Waals surface area contributed by atoms with E-state index in [1.807, 2.05) is 0 Å². The van der Waals surface area contributed by atoms with E-state index in [1.165, 1.54) is 45.1 Å². The van der Waals surface area contributed by atoms with E-state index < -0.39 is 0 Å². The molecule has 2 rings (SSSR count). The Labute approximate surface area is 88.7 Å². The van der Waals surface area contributed by atoms with Gasteiger partial charge in [0.2, 0.25) is 0 Å². The van der Waals surface area contributed by atoms with Crippen molar-refractivity contribution in [2.75, 3.05) is 6.54 Å². The van der Waals surface area contributed by atoms with Gasteiger partial charge in [-0.2, -0.15) is 0 Å². The Bertz CT molecular complexity index is 201. The SMILES string of the molecule is CC1CC(C)(C)CC2(CCCCN2)C1. The molecule has 1 nitrogen and oxygen atoms in total. The van der Waals surface area contributed by atoms with Crippen LogP contribution in [-0.2, 0) is 0 Å². The third-order valence-corrected chi connectivity index (χ3v) is 4.04. The number of nitrogens with one attached hydrogen (secondary N) is 1. The molecule has 2 atom stereocenters. The monoisotopic (exact) mass is 195 g/mol. The standard InChI is InChI=1S/C13H25N/c1-11-8-12(2,3)10-13(9-11)6-4-5-7-14-13/h11,14H,4-10H2,1-3H3. The Hall–Kier alpha value is -0.0400. The average Bonchev–Trinajstić information content (AvgIpc) is 2.00. The number of rotatable bonds is 0. The molecule has 14 heavy (non-hydrogen) atoms. The van der Waals surface area contributed by atoms with Gasteiger partial charge in [0.15, 0.2) is 0 Å². The Kier molecular flexibility index (Phi) is 2.63. The van der Waals surface area contributed by atoms with Gasteiger partial charge in [-0.3, -0.25) is 0 Å². The minimum atomic E-state index is 0.513. The van der Waals surface area contributed by atoms with Crippen LogP contribution >= 0.6 is 0 Å². The van der Waals surface area contributed by atoms with Gasteiger partial charge in [0.05, 0.1) is 0 Å². The van der Waals surface area contributed by atoms with Gasteiger partial charge in [-0.05, 0) is 50.0 Å². The maximum absolute atomic E-state index is 3.82. The highest BCUT2D eigenvalue weighted by molar-refractivity contribution is 5.00. The van der Waals surface area contributed by atoms with E-state index in [9.17, 15) is 0 Å². The average molecular weight is 195 g/mol. The van der Waals surface area contributed by atoms with E-state index in [1.54, 1.807) is 0 Å². The van der Waals surface area contributed by atoms with E-state index in [2.05, 4.69) is 26.1 Å². The molecule has 2 unspecified atom stereocenters. The van der Waals surface area contributed by atoms with E-state index in [0.29, 0.717) is 11.0 Å². The lowest BCUT2D eigenvalue weighted by atomic mass is 9.62. The highest BCUT2D eigenvalue weighted by atomic mass is 15.0. The van der Waals surface area contributed by atoms with Crippen LogP contribution in [0.25, 0.3) is 0 Å². The minimum absolute atomic E-state index is 0.513. The summed E-state index contributed by atoms with van der Waals surface area (Å²) in [6.07, 6.45) is 8.46. The molecule has 0 radical (unpaired) electrons. The van der Waals surface area contributed by atoms with Crippen molar-refractivity contribution in [1.82, 2.24) is 5.32 Å². The van der Waals surface area contributed by atoms with Gasteiger partial charge in [-0.1, -0.05) is 27.2 Å². The molecule has 1 spiro atoms. The highest BCUT2D eigenvalue weighted by Crippen LogP contribution is 2.46. The Balaban J connectivity index is 2.10. The van der Waals surface area contributed by atoms with Crippen molar-refractivity contribution < 1.29 is 0 Å². The predicted molar refractivity (Wildman–Crippen MR) is 61.4 cm³/mol.